The Bertz CT molecular complexity index is 1100. The molecule has 3 aromatic rings. The maximum Gasteiger partial charge on any atom is 0.243 e. The van der Waals surface area contributed by atoms with Crippen molar-refractivity contribution in [1.82, 2.24) is 4.31 Å². The number of sulfonamides is 1. The molecule has 1 unspecified atom stereocenters. The molecular formula is C24H25NO2S. The Hall–Kier alpha value is -2.43. The zero-order valence-corrected chi connectivity index (χ0v) is 17.3. The van der Waals surface area contributed by atoms with Crippen molar-refractivity contribution >= 4 is 10.0 Å². The van der Waals surface area contributed by atoms with Crippen molar-refractivity contribution < 1.29 is 8.42 Å². The molecule has 3 aromatic carbocycles. The molecule has 0 aromatic heterocycles. The first-order valence-corrected chi connectivity index (χ1v) is 11.1. The summed E-state index contributed by atoms with van der Waals surface area (Å²) in [5, 5.41) is 0. The number of benzene rings is 3. The van der Waals surface area contributed by atoms with Crippen LogP contribution in [0.2, 0.25) is 0 Å². The van der Waals surface area contributed by atoms with Crippen molar-refractivity contribution in [3.05, 3.63) is 100 Å². The third kappa shape index (κ3) is 3.27. The predicted molar refractivity (Wildman–Crippen MR) is 113 cm³/mol. The lowest BCUT2D eigenvalue weighted by Crippen LogP contribution is -2.40. The summed E-state index contributed by atoms with van der Waals surface area (Å²) < 4.78 is 28.8. The van der Waals surface area contributed by atoms with Crippen molar-refractivity contribution in [1.29, 1.82) is 0 Å². The number of rotatable bonds is 3. The Balaban J connectivity index is 1.88. The van der Waals surface area contributed by atoms with Crippen LogP contribution < -0.4 is 0 Å². The van der Waals surface area contributed by atoms with Crippen LogP contribution in [0.3, 0.4) is 0 Å². The summed E-state index contributed by atoms with van der Waals surface area (Å²) in [4.78, 5) is 0.353. The highest BCUT2D eigenvalue weighted by Gasteiger charge is 2.37. The Kier molecular flexibility index (Phi) is 4.86. The van der Waals surface area contributed by atoms with Crippen molar-refractivity contribution in [3.8, 4) is 0 Å². The molecule has 0 amide bonds. The van der Waals surface area contributed by atoms with Crippen LogP contribution in [-0.2, 0) is 16.4 Å². The van der Waals surface area contributed by atoms with Crippen molar-refractivity contribution in [2.75, 3.05) is 6.54 Å². The molecule has 0 N–H and O–H groups in total. The van der Waals surface area contributed by atoms with Crippen LogP contribution >= 0.6 is 0 Å². The van der Waals surface area contributed by atoms with E-state index in [1.165, 1.54) is 11.1 Å². The van der Waals surface area contributed by atoms with E-state index in [2.05, 4.69) is 43.3 Å². The number of nitrogens with zero attached hydrogens (tertiary/aromatic N) is 1. The first-order valence-electron chi connectivity index (χ1n) is 9.61. The molecule has 28 heavy (non-hydrogen) atoms. The smallest absolute Gasteiger partial charge is 0.207 e. The summed E-state index contributed by atoms with van der Waals surface area (Å²) in [6.45, 7) is 6.59. The van der Waals surface area contributed by atoms with E-state index < -0.39 is 10.0 Å². The molecule has 144 valence electrons. The molecule has 3 nitrogen and oxygen atoms in total. The van der Waals surface area contributed by atoms with Crippen LogP contribution in [0.5, 0.6) is 0 Å². The van der Waals surface area contributed by atoms with Gasteiger partial charge in [0.25, 0.3) is 0 Å². The highest BCUT2D eigenvalue weighted by molar-refractivity contribution is 7.89. The van der Waals surface area contributed by atoms with Crippen LogP contribution in [0, 0.1) is 20.8 Å². The molecule has 4 rings (SSSR count). The molecule has 1 atom stereocenters. The number of fused-ring (bicyclic) bond motifs is 1. The molecule has 1 aliphatic rings. The fourth-order valence-corrected chi connectivity index (χ4v) is 5.62. The molecule has 0 saturated heterocycles. The average Bonchev–Trinajstić information content (AvgIpc) is 2.68. The lowest BCUT2D eigenvalue weighted by Gasteiger charge is -2.37. The number of aryl methyl sites for hydroxylation is 3. The second-order valence-electron chi connectivity index (χ2n) is 7.63. The first-order chi connectivity index (χ1) is 13.4. The highest BCUT2D eigenvalue weighted by Crippen LogP contribution is 2.39. The molecule has 4 heteroatoms. The summed E-state index contributed by atoms with van der Waals surface area (Å²) in [7, 11) is -3.61. The van der Waals surface area contributed by atoms with Gasteiger partial charge in [-0.15, -0.1) is 0 Å². The lowest BCUT2D eigenvalue weighted by molar-refractivity contribution is 0.343. The second kappa shape index (κ2) is 7.19. The fourth-order valence-electron chi connectivity index (χ4n) is 4.03. The van der Waals surface area contributed by atoms with Gasteiger partial charge in [-0.1, -0.05) is 65.7 Å². The largest absolute Gasteiger partial charge is 0.243 e. The standard InChI is InChI=1S/C24H25NO2S/c1-17-7-11-20(12-8-17)24-23-6-4-5-19(3)22(23)15-16-25(24)28(26,27)21-13-9-18(2)10-14-21/h4-14,24H,15-16H2,1-3H3. The number of hydrogen-bond acceptors (Lipinski definition) is 2. The maximum absolute atomic E-state index is 13.6. The zero-order chi connectivity index (χ0) is 19.9. The third-order valence-corrected chi connectivity index (χ3v) is 7.51. The predicted octanol–water partition coefficient (Wildman–Crippen LogP) is 4.95. The van der Waals surface area contributed by atoms with E-state index in [9.17, 15) is 8.42 Å². The molecule has 0 aliphatic carbocycles. The van der Waals surface area contributed by atoms with E-state index in [1.54, 1.807) is 16.4 Å². The van der Waals surface area contributed by atoms with E-state index in [4.69, 9.17) is 0 Å². The van der Waals surface area contributed by atoms with Gasteiger partial charge >= 0.3 is 0 Å². The molecular weight excluding hydrogens is 366 g/mol. The highest BCUT2D eigenvalue weighted by atomic mass is 32.2. The van der Waals surface area contributed by atoms with E-state index >= 15 is 0 Å². The van der Waals surface area contributed by atoms with E-state index in [1.807, 2.05) is 32.0 Å². The molecule has 0 spiro atoms. The van der Waals surface area contributed by atoms with Crippen LogP contribution in [-0.4, -0.2) is 19.3 Å². The lowest BCUT2D eigenvalue weighted by atomic mass is 9.87. The molecule has 1 heterocycles. The minimum Gasteiger partial charge on any atom is -0.207 e. The summed E-state index contributed by atoms with van der Waals surface area (Å²) >= 11 is 0. The zero-order valence-electron chi connectivity index (χ0n) is 16.5. The monoisotopic (exact) mass is 391 g/mol. The Morgan fingerprint density at radius 1 is 0.821 bits per heavy atom. The molecule has 0 saturated carbocycles. The van der Waals surface area contributed by atoms with Crippen LogP contribution in [0.4, 0.5) is 0 Å². The molecule has 0 fully saturated rings. The quantitative estimate of drug-likeness (QED) is 0.634. The average molecular weight is 392 g/mol. The Labute approximate surface area is 167 Å². The summed E-state index contributed by atoms with van der Waals surface area (Å²) in [5.41, 5.74) is 6.80. The van der Waals surface area contributed by atoms with E-state index in [0.717, 1.165) is 28.7 Å². The topological polar surface area (TPSA) is 37.4 Å². The van der Waals surface area contributed by atoms with Gasteiger partial charge in [-0.05, 0) is 61.6 Å². The summed E-state index contributed by atoms with van der Waals surface area (Å²) in [5.74, 6) is 0. The van der Waals surface area contributed by atoms with Gasteiger partial charge < -0.3 is 0 Å². The molecule has 0 bridgehead atoms. The summed E-state index contributed by atoms with van der Waals surface area (Å²) in [6.07, 6.45) is 0.732. The first kappa shape index (κ1) is 18.9. The Morgan fingerprint density at radius 2 is 1.43 bits per heavy atom. The third-order valence-electron chi connectivity index (χ3n) is 5.63. The van der Waals surface area contributed by atoms with E-state index in [-0.39, 0.29) is 6.04 Å². The molecule has 1 aliphatic heterocycles. The van der Waals surface area contributed by atoms with Crippen molar-refractivity contribution in [2.24, 2.45) is 0 Å². The van der Waals surface area contributed by atoms with Gasteiger partial charge in [0.2, 0.25) is 10.0 Å². The summed E-state index contributed by atoms with van der Waals surface area (Å²) in [6, 6.07) is 21.2. The minimum absolute atomic E-state index is 0.310. The molecule has 0 radical (unpaired) electrons. The fraction of sp³-hybridized carbons (Fsp3) is 0.250. The van der Waals surface area contributed by atoms with Crippen LogP contribution in [0.15, 0.2) is 71.6 Å². The van der Waals surface area contributed by atoms with Gasteiger partial charge in [0, 0.05) is 6.54 Å². The van der Waals surface area contributed by atoms with Crippen LogP contribution in [0.25, 0.3) is 0 Å². The SMILES string of the molecule is Cc1ccc(C2c3cccc(C)c3CCN2S(=O)(=O)c2ccc(C)cc2)cc1. The van der Waals surface area contributed by atoms with Gasteiger partial charge in [0.15, 0.2) is 0 Å². The van der Waals surface area contributed by atoms with Gasteiger partial charge in [0.05, 0.1) is 10.9 Å². The maximum atomic E-state index is 13.6. The minimum atomic E-state index is -3.61. The second-order valence-corrected chi connectivity index (χ2v) is 9.53. The van der Waals surface area contributed by atoms with Crippen molar-refractivity contribution in [2.45, 2.75) is 38.1 Å². The normalized spacial score (nSPS) is 17.3. The van der Waals surface area contributed by atoms with Crippen molar-refractivity contribution in [3.63, 3.8) is 0 Å². The van der Waals surface area contributed by atoms with Gasteiger partial charge in [-0.3, -0.25) is 0 Å². The van der Waals surface area contributed by atoms with Crippen LogP contribution in [0.1, 0.15) is 39.4 Å². The Morgan fingerprint density at radius 3 is 2.07 bits per heavy atom. The van der Waals surface area contributed by atoms with Gasteiger partial charge in [0.1, 0.15) is 0 Å². The number of hydrogen-bond donors (Lipinski definition) is 0. The van der Waals surface area contributed by atoms with Gasteiger partial charge in [-0.25, -0.2) is 8.42 Å². The van der Waals surface area contributed by atoms with E-state index in [0.29, 0.717) is 11.4 Å². The van der Waals surface area contributed by atoms with Gasteiger partial charge in [-0.2, -0.15) is 4.31 Å².